The average Bonchev–Trinajstić information content (AvgIpc) is 2.78. The van der Waals surface area contributed by atoms with Gasteiger partial charge >= 0.3 is 0 Å². The van der Waals surface area contributed by atoms with Crippen LogP contribution in [0.3, 0.4) is 0 Å². The minimum absolute atomic E-state index is 0.247. The topological polar surface area (TPSA) is 39.1 Å². The van der Waals surface area contributed by atoms with Crippen LogP contribution in [0.1, 0.15) is 33.0 Å². The molecule has 0 fully saturated rings. The van der Waals surface area contributed by atoms with Gasteiger partial charge in [-0.2, -0.15) is 0 Å². The van der Waals surface area contributed by atoms with E-state index in [0.29, 0.717) is 6.04 Å². The Labute approximate surface area is 104 Å². The first-order chi connectivity index (χ1) is 8.26. The van der Waals surface area contributed by atoms with Crippen LogP contribution in [0, 0.1) is 0 Å². The number of hydrogen-bond donors (Lipinski definition) is 1. The van der Waals surface area contributed by atoms with E-state index in [1.165, 1.54) is 0 Å². The van der Waals surface area contributed by atoms with Gasteiger partial charge in [-0.15, -0.1) is 0 Å². The number of likely N-dealkylation sites (N-methyl/N-ethyl adjacent to an activating group) is 1. The van der Waals surface area contributed by atoms with Gasteiger partial charge in [-0.1, -0.05) is 13.8 Å². The summed E-state index contributed by atoms with van der Waals surface area (Å²) in [5.74, 6) is 1.13. The lowest BCUT2D eigenvalue weighted by molar-refractivity contribution is 0.0650. The molecule has 2 atom stereocenters. The van der Waals surface area contributed by atoms with Gasteiger partial charge in [0.15, 0.2) is 0 Å². The molecule has 0 saturated carbocycles. The normalized spacial score (nSPS) is 14.8. The van der Waals surface area contributed by atoms with Crippen LogP contribution in [0.25, 0.3) is 0 Å². The van der Waals surface area contributed by atoms with E-state index < -0.39 is 0 Å². The van der Waals surface area contributed by atoms with Crippen molar-refractivity contribution in [3.05, 3.63) is 18.2 Å². The Kier molecular flexibility index (Phi) is 6.22. The lowest BCUT2D eigenvalue weighted by atomic mass is 10.0. The molecule has 0 amide bonds. The summed E-state index contributed by atoms with van der Waals surface area (Å²) in [6.45, 7) is 8.35. The van der Waals surface area contributed by atoms with Crippen molar-refractivity contribution in [1.82, 2.24) is 14.9 Å². The molecule has 98 valence electrons. The smallest absolute Gasteiger partial charge is 0.110 e. The van der Waals surface area contributed by atoms with Crippen LogP contribution in [-0.2, 0) is 17.7 Å². The Morgan fingerprint density at radius 1 is 1.41 bits per heavy atom. The van der Waals surface area contributed by atoms with Gasteiger partial charge in [0, 0.05) is 38.5 Å². The molecule has 0 radical (unpaired) electrons. The molecule has 0 bridgehead atoms. The van der Waals surface area contributed by atoms with E-state index in [-0.39, 0.29) is 6.10 Å². The number of rotatable bonds is 8. The van der Waals surface area contributed by atoms with E-state index in [1.807, 2.05) is 12.4 Å². The molecule has 0 saturated heterocycles. The molecule has 1 rings (SSSR count). The molecule has 1 aromatic rings. The predicted octanol–water partition coefficient (Wildman–Crippen LogP) is 1.85. The van der Waals surface area contributed by atoms with Crippen LogP contribution in [-0.4, -0.2) is 35.4 Å². The highest BCUT2D eigenvalue weighted by molar-refractivity contribution is 4.97. The molecule has 1 heterocycles. The molecule has 1 aromatic heterocycles. The highest BCUT2D eigenvalue weighted by Crippen LogP contribution is 2.10. The molecule has 0 spiro atoms. The number of aryl methyl sites for hydroxylation is 1. The maximum Gasteiger partial charge on any atom is 0.110 e. The number of imidazole rings is 1. The second-order valence-corrected chi connectivity index (χ2v) is 4.18. The lowest BCUT2D eigenvalue weighted by Gasteiger charge is -2.25. The highest BCUT2D eigenvalue weighted by Gasteiger charge is 2.20. The van der Waals surface area contributed by atoms with E-state index in [1.54, 1.807) is 7.11 Å². The summed E-state index contributed by atoms with van der Waals surface area (Å²) in [5.41, 5.74) is 0. The quantitative estimate of drug-likeness (QED) is 0.752. The van der Waals surface area contributed by atoms with E-state index in [2.05, 4.69) is 35.6 Å². The molecular weight excluding hydrogens is 214 g/mol. The molecule has 17 heavy (non-hydrogen) atoms. The van der Waals surface area contributed by atoms with Crippen molar-refractivity contribution in [1.29, 1.82) is 0 Å². The van der Waals surface area contributed by atoms with E-state index in [0.717, 1.165) is 31.8 Å². The molecular formula is C13H25N3O. The van der Waals surface area contributed by atoms with Crippen LogP contribution in [0.4, 0.5) is 0 Å². The summed E-state index contributed by atoms with van der Waals surface area (Å²) in [5, 5.41) is 3.50. The summed E-state index contributed by atoms with van der Waals surface area (Å²) in [4.78, 5) is 4.43. The molecule has 0 aliphatic heterocycles. The number of aromatic nitrogens is 2. The van der Waals surface area contributed by atoms with Gasteiger partial charge in [0.25, 0.3) is 0 Å². The summed E-state index contributed by atoms with van der Waals surface area (Å²) in [7, 11) is 1.78. The van der Waals surface area contributed by atoms with Crippen molar-refractivity contribution in [2.24, 2.45) is 0 Å². The first kappa shape index (κ1) is 14.2. The van der Waals surface area contributed by atoms with E-state index >= 15 is 0 Å². The van der Waals surface area contributed by atoms with Gasteiger partial charge in [-0.3, -0.25) is 0 Å². The van der Waals surface area contributed by atoms with Crippen molar-refractivity contribution in [3.63, 3.8) is 0 Å². The summed E-state index contributed by atoms with van der Waals surface area (Å²) in [6, 6.07) is 0.336. The minimum Gasteiger partial charge on any atom is -0.380 e. The predicted molar refractivity (Wildman–Crippen MR) is 70.2 cm³/mol. The van der Waals surface area contributed by atoms with Gasteiger partial charge in [0.05, 0.1) is 6.10 Å². The fourth-order valence-corrected chi connectivity index (χ4v) is 2.23. The Balaban J connectivity index is 2.71. The second kappa shape index (κ2) is 7.45. The van der Waals surface area contributed by atoms with Gasteiger partial charge in [0.1, 0.15) is 5.82 Å². The van der Waals surface area contributed by atoms with Crippen LogP contribution in [0.2, 0.25) is 0 Å². The Hall–Kier alpha value is -0.870. The van der Waals surface area contributed by atoms with Gasteiger partial charge < -0.3 is 14.6 Å². The van der Waals surface area contributed by atoms with E-state index in [9.17, 15) is 0 Å². The number of hydrogen-bond acceptors (Lipinski definition) is 3. The largest absolute Gasteiger partial charge is 0.380 e. The Morgan fingerprint density at radius 3 is 2.71 bits per heavy atom. The molecule has 0 aliphatic carbocycles. The SMILES string of the molecule is CCNC(Cc1nccn1CC)C(CC)OC. The molecule has 0 aromatic carbocycles. The summed E-state index contributed by atoms with van der Waals surface area (Å²) in [6.07, 6.45) is 6.08. The maximum absolute atomic E-state index is 5.54. The van der Waals surface area contributed by atoms with E-state index in [4.69, 9.17) is 4.74 Å². The van der Waals surface area contributed by atoms with Crippen molar-refractivity contribution in [3.8, 4) is 0 Å². The average molecular weight is 239 g/mol. The third-order valence-corrected chi connectivity index (χ3v) is 3.17. The third-order valence-electron chi connectivity index (χ3n) is 3.17. The third kappa shape index (κ3) is 3.82. The number of nitrogens with zero attached hydrogens (tertiary/aromatic N) is 2. The van der Waals surface area contributed by atoms with Crippen LogP contribution in [0.5, 0.6) is 0 Å². The van der Waals surface area contributed by atoms with Gasteiger partial charge in [0.2, 0.25) is 0 Å². The Morgan fingerprint density at radius 2 is 2.18 bits per heavy atom. The molecule has 4 nitrogen and oxygen atoms in total. The summed E-state index contributed by atoms with van der Waals surface area (Å²) >= 11 is 0. The maximum atomic E-state index is 5.54. The highest BCUT2D eigenvalue weighted by atomic mass is 16.5. The van der Waals surface area contributed by atoms with Crippen LogP contribution in [0.15, 0.2) is 12.4 Å². The van der Waals surface area contributed by atoms with Gasteiger partial charge in [-0.05, 0) is 19.9 Å². The zero-order valence-corrected chi connectivity index (χ0v) is 11.4. The number of ether oxygens (including phenoxy) is 1. The van der Waals surface area contributed by atoms with Crippen molar-refractivity contribution in [2.75, 3.05) is 13.7 Å². The minimum atomic E-state index is 0.247. The van der Waals surface area contributed by atoms with Crippen LogP contribution >= 0.6 is 0 Å². The second-order valence-electron chi connectivity index (χ2n) is 4.18. The fourth-order valence-electron chi connectivity index (χ4n) is 2.23. The molecule has 0 aliphatic rings. The van der Waals surface area contributed by atoms with Crippen molar-refractivity contribution >= 4 is 0 Å². The molecule has 4 heteroatoms. The van der Waals surface area contributed by atoms with Gasteiger partial charge in [-0.25, -0.2) is 4.98 Å². The fraction of sp³-hybridized carbons (Fsp3) is 0.769. The molecule has 2 unspecified atom stereocenters. The lowest BCUT2D eigenvalue weighted by Crippen LogP contribution is -2.42. The van der Waals surface area contributed by atoms with Crippen molar-refractivity contribution in [2.45, 2.75) is 52.3 Å². The first-order valence-corrected chi connectivity index (χ1v) is 6.52. The first-order valence-electron chi connectivity index (χ1n) is 6.52. The number of methoxy groups -OCH3 is 1. The number of nitrogens with one attached hydrogen (secondary N) is 1. The van der Waals surface area contributed by atoms with Crippen LogP contribution < -0.4 is 5.32 Å². The Bertz CT molecular complexity index is 307. The summed E-state index contributed by atoms with van der Waals surface area (Å²) < 4.78 is 7.72. The molecule has 1 N–H and O–H groups in total. The van der Waals surface area contributed by atoms with Crippen molar-refractivity contribution < 1.29 is 4.74 Å². The zero-order valence-electron chi connectivity index (χ0n) is 11.4. The zero-order chi connectivity index (χ0) is 12.7. The standard InChI is InChI=1S/C13H25N3O/c1-5-12(17-4)11(14-6-2)10-13-15-8-9-16(13)7-3/h8-9,11-12,14H,5-7,10H2,1-4H3. The monoisotopic (exact) mass is 239 g/mol.